The van der Waals surface area contributed by atoms with Gasteiger partial charge in [-0.3, -0.25) is 9.59 Å². The van der Waals surface area contributed by atoms with E-state index in [1.165, 1.54) is 21.7 Å². The van der Waals surface area contributed by atoms with E-state index < -0.39 is 32.5 Å². The number of benzene rings is 1. The van der Waals surface area contributed by atoms with E-state index in [1.54, 1.807) is 0 Å². The van der Waals surface area contributed by atoms with E-state index >= 15 is 0 Å². The summed E-state index contributed by atoms with van der Waals surface area (Å²) in [5, 5.41) is 4.07. The van der Waals surface area contributed by atoms with Crippen LogP contribution in [-0.4, -0.2) is 59.5 Å². The molecule has 3 rings (SSSR count). The van der Waals surface area contributed by atoms with Gasteiger partial charge in [0.2, 0.25) is 10.0 Å². The highest BCUT2D eigenvalue weighted by Crippen LogP contribution is 2.21. The molecular formula is C18H20F2N4O4S. The zero-order valence-corrected chi connectivity index (χ0v) is 16.5. The van der Waals surface area contributed by atoms with Gasteiger partial charge in [0, 0.05) is 44.9 Å². The van der Waals surface area contributed by atoms with Crippen molar-refractivity contribution >= 4 is 15.9 Å². The Morgan fingerprint density at radius 1 is 1.10 bits per heavy atom. The van der Waals surface area contributed by atoms with Gasteiger partial charge < -0.3 is 4.90 Å². The van der Waals surface area contributed by atoms with Crippen molar-refractivity contribution in [3.05, 3.63) is 58.0 Å². The Hall–Kier alpha value is -2.66. The molecule has 156 valence electrons. The van der Waals surface area contributed by atoms with Crippen molar-refractivity contribution in [2.24, 2.45) is 0 Å². The van der Waals surface area contributed by atoms with Gasteiger partial charge in [-0.2, -0.15) is 9.40 Å². The van der Waals surface area contributed by atoms with Gasteiger partial charge in [0.05, 0.1) is 0 Å². The van der Waals surface area contributed by atoms with E-state index in [4.69, 9.17) is 0 Å². The minimum Gasteiger partial charge on any atom is -0.335 e. The van der Waals surface area contributed by atoms with E-state index in [2.05, 4.69) is 5.10 Å². The molecule has 1 aromatic carbocycles. The summed E-state index contributed by atoms with van der Waals surface area (Å²) in [7, 11) is -4.15. The first-order chi connectivity index (χ1) is 13.7. The molecule has 29 heavy (non-hydrogen) atoms. The van der Waals surface area contributed by atoms with Crippen molar-refractivity contribution in [1.82, 2.24) is 19.0 Å². The normalized spacial score (nSPS) is 15.5. The molecule has 1 saturated heterocycles. The van der Waals surface area contributed by atoms with E-state index in [9.17, 15) is 26.8 Å². The van der Waals surface area contributed by atoms with E-state index in [0.717, 1.165) is 16.4 Å². The highest BCUT2D eigenvalue weighted by Gasteiger charge is 2.32. The highest BCUT2D eigenvalue weighted by atomic mass is 32.2. The predicted molar refractivity (Wildman–Crippen MR) is 99.8 cm³/mol. The number of piperazine rings is 1. The molecule has 1 aromatic heterocycles. The summed E-state index contributed by atoms with van der Waals surface area (Å²) in [4.78, 5) is 25.2. The van der Waals surface area contributed by atoms with Crippen LogP contribution in [0.15, 0.2) is 40.0 Å². The fraction of sp³-hybridized carbons (Fsp3) is 0.389. The SMILES string of the molecule is CCCn1nc(C(=O)N2CCN(S(=O)(=O)c3ccc(F)cc3F)CC2)ccc1=O. The second-order valence-electron chi connectivity index (χ2n) is 6.55. The van der Waals surface area contributed by atoms with Gasteiger partial charge in [-0.15, -0.1) is 0 Å². The van der Waals surface area contributed by atoms with Crippen molar-refractivity contribution in [3.63, 3.8) is 0 Å². The lowest BCUT2D eigenvalue weighted by atomic mass is 10.3. The lowest BCUT2D eigenvalue weighted by Crippen LogP contribution is -2.50. The Balaban J connectivity index is 1.72. The average molecular weight is 426 g/mol. The Morgan fingerprint density at radius 2 is 1.79 bits per heavy atom. The summed E-state index contributed by atoms with van der Waals surface area (Å²) in [5.41, 5.74) is -0.209. The van der Waals surface area contributed by atoms with Crippen molar-refractivity contribution < 1.29 is 22.0 Å². The third-order valence-corrected chi connectivity index (χ3v) is 6.49. The Bertz CT molecular complexity index is 1080. The molecule has 2 aromatic rings. The van der Waals surface area contributed by atoms with Crippen LogP contribution in [0.3, 0.4) is 0 Å². The average Bonchev–Trinajstić information content (AvgIpc) is 2.69. The van der Waals surface area contributed by atoms with Crippen LogP contribution in [0, 0.1) is 11.6 Å². The first-order valence-corrected chi connectivity index (χ1v) is 10.5. The maximum absolute atomic E-state index is 13.9. The van der Waals surface area contributed by atoms with E-state index in [-0.39, 0.29) is 37.4 Å². The molecule has 0 spiro atoms. The lowest BCUT2D eigenvalue weighted by Gasteiger charge is -2.33. The van der Waals surface area contributed by atoms with Gasteiger partial charge >= 0.3 is 0 Å². The van der Waals surface area contributed by atoms with Gasteiger partial charge in [0.25, 0.3) is 11.5 Å². The smallest absolute Gasteiger partial charge is 0.274 e. The number of hydrogen-bond donors (Lipinski definition) is 0. The number of rotatable bonds is 5. The molecule has 1 fully saturated rings. The molecule has 1 amide bonds. The van der Waals surface area contributed by atoms with Crippen LogP contribution in [0.25, 0.3) is 0 Å². The summed E-state index contributed by atoms with van der Waals surface area (Å²) in [6, 6.07) is 4.90. The number of carbonyl (C=O) groups excluding carboxylic acids is 1. The highest BCUT2D eigenvalue weighted by molar-refractivity contribution is 7.89. The summed E-state index contributed by atoms with van der Waals surface area (Å²) in [6.45, 7) is 2.34. The third-order valence-electron chi connectivity index (χ3n) is 4.56. The van der Waals surface area contributed by atoms with E-state index in [1.807, 2.05) is 6.92 Å². The minimum atomic E-state index is -4.15. The lowest BCUT2D eigenvalue weighted by molar-refractivity contribution is 0.0688. The molecule has 11 heteroatoms. The minimum absolute atomic E-state index is 0.0422. The molecule has 0 radical (unpaired) electrons. The number of nitrogens with zero attached hydrogens (tertiary/aromatic N) is 4. The largest absolute Gasteiger partial charge is 0.335 e. The number of halogens is 2. The monoisotopic (exact) mass is 426 g/mol. The maximum Gasteiger partial charge on any atom is 0.274 e. The fourth-order valence-electron chi connectivity index (χ4n) is 3.05. The number of carbonyl (C=O) groups is 1. The quantitative estimate of drug-likeness (QED) is 0.713. The second-order valence-corrected chi connectivity index (χ2v) is 8.46. The molecular weight excluding hydrogens is 406 g/mol. The number of aromatic nitrogens is 2. The topological polar surface area (TPSA) is 92.6 Å². The van der Waals surface area contributed by atoms with Crippen molar-refractivity contribution in [1.29, 1.82) is 0 Å². The Kier molecular flexibility index (Phi) is 6.08. The molecule has 0 saturated carbocycles. The number of sulfonamides is 1. The van der Waals surface area contributed by atoms with Crippen molar-refractivity contribution in [2.45, 2.75) is 24.8 Å². The standard InChI is InChI=1S/C18H20F2N4O4S/c1-2-7-24-17(25)6-4-15(21-24)18(26)22-8-10-23(11-9-22)29(27,28)16-5-3-13(19)12-14(16)20/h3-6,12H,2,7-11H2,1H3. The van der Waals surface area contributed by atoms with Crippen molar-refractivity contribution in [2.75, 3.05) is 26.2 Å². The fourth-order valence-corrected chi connectivity index (χ4v) is 4.52. The molecule has 8 nitrogen and oxygen atoms in total. The predicted octanol–water partition coefficient (Wildman–Crippen LogP) is 1.08. The van der Waals surface area contributed by atoms with Crippen LogP contribution in [0.5, 0.6) is 0 Å². The first-order valence-electron chi connectivity index (χ1n) is 9.06. The number of hydrogen-bond acceptors (Lipinski definition) is 5. The molecule has 0 aliphatic carbocycles. The molecule has 1 aliphatic rings. The summed E-state index contributed by atoms with van der Waals surface area (Å²) in [6.07, 6.45) is 0.682. The Morgan fingerprint density at radius 3 is 2.41 bits per heavy atom. The van der Waals surface area contributed by atoms with Crippen LogP contribution in [0.1, 0.15) is 23.8 Å². The Labute approximate surface area is 166 Å². The zero-order valence-electron chi connectivity index (χ0n) is 15.7. The molecule has 0 atom stereocenters. The van der Waals surface area contributed by atoms with Gasteiger partial charge in [0.1, 0.15) is 22.2 Å². The summed E-state index contributed by atoms with van der Waals surface area (Å²) < 4.78 is 54.5. The number of amides is 1. The van der Waals surface area contributed by atoms with Crippen molar-refractivity contribution in [3.8, 4) is 0 Å². The van der Waals surface area contributed by atoms with Gasteiger partial charge in [-0.1, -0.05) is 6.92 Å². The zero-order chi connectivity index (χ0) is 21.2. The van der Waals surface area contributed by atoms with Crippen LogP contribution >= 0.6 is 0 Å². The first kappa shape index (κ1) is 21.1. The maximum atomic E-state index is 13.9. The van der Waals surface area contributed by atoms with Gasteiger partial charge in [-0.05, 0) is 24.6 Å². The third kappa shape index (κ3) is 4.35. The molecule has 0 N–H and O–H groups in total. The summed E-state index contributed by atoms with van der Waals surface area (Å²) in [5.74, 6) is -2.44. The van der Waals surface area contributed by atoms with Crippen LogP contribution < -0.4 is 5.56 Å². The van der Waals surface area contributed by atoms with Crippen LogP contribution in [-0.2, 0) is 16.6 Å². The van der Waals surface area contributed by atoms with Crippen LogP contribution in [0.2, 0.25) is 0 Å². The molecule has 0 bridgehead atoms. The van der Waals surface area contributed by atoms with Crippen LogP contribution in [0.4, 0.5) is 8.78 Å². The van der Waals surface area contributed by atoms with Gasteiger partial charge in [0.15, 0.2) is 0 Å². The van der Waals surface area contributed by atoms with Gasteiger partial charge in [-0.25, -0.2) is 21.9 Å². The second kappa shape index (κ2) is 8.37. The molecule has 0 unspecified atom stereocenters. The molecule has 2 heterocycles. The summed E-state index contributed by atoms with van der Waals surface area (Å²) >= 11 is 0. The van der Waals surface area contributed by atoms with E-state index in [0.29, 0.717) is 19.0 Å². The number of aryl methyl sites for hydroxylation is 1. The molecule has 1 aliphatic heterocycles.